The highest BCUT2D eigenvalue weighted by molar-refractivity contribution is 5.78. The van der Waals surface area contributed by atoms with E-state index >= 15 is 0 Å². The van der Waals surface area contributed by atoms with Gasteiger partial charge in [-0.05, 0) is 31.3 Å². The number of likely N-dealkylation sites (N-methyl/N-ethyl adjacent to an activating group) is 1. The zero-order chi connectivity index (χ0) is 16.9. The van der Waals surface area contributed by atoms with Crippen LogP contribution in [0.3, 0.4) is 0 Å². The van der Waals surface area contributed by atoms with E-state index in [0.717, 1.165) is 51.6 Å². The highest BCUT2D eigenvalue weighted by atomic mass is 19.1. The smallest absolute Gasteiger partial charge is 0.191 e. The highest BCUT2D eigenvalue weighted by Crippen LogP contribution is 2.16. The second-order valence-electron chi connectivity index (χ2n) is 6.40. The summed E-state index contributed by atoms with van der Waals surface area (Å²) >= 11 is 0. The molecule has 0 spiro atoms. The van der Waals surface area contributed by atoms with Crippen LogP contribution in [0.5, 0.6) is 0 Å². The van der Waals surface area contributed by atoms with Crippen molar-refractivity contribution in [2.45, 2.75) is 6.10 Å². The first-order chi connectivity index (χ1) is 11.6. The first-order valence-corrected chi connectivity index (χ1v) is 8.47. The molecule has 0 saturated carbocycles. The minimum atomic E-state index is -0.204. The minimum Gasteiger partial charge on any atom is -0.374 e. The van der Waals surface area contributed by atoms with Crippen molar-refractivity contribution >= 4 is 11.6 Å². The normalized spacial score (nSPS) is 23.6. The van der Waals surface area contributed by atoms with Gasteiger partial charge in [-0.15, -0.1) is 0 Å². The van der Waals surface area contributed by atoms with Crippen molar-refractivity contribution in [3.63, 3.8) is 0 Å². The topological polar surface area (TPSA) is 57.3 Å². The third-order valence-electron chi connectivity index (χ3n) is 4.59. The third-order valence-corrected chi connectivity index (χ3v) is 4.59. The fraction of sp³-hybridized carbons (Fsp3) is 0.588. The molecule has 2 aliphatic rings. The largest absolute Gasteiger partial charge is 0.374 e. The molecule has 2 saturated heterocycles. The van der Waals surface area contributed by atoms with E-state index in [0.29, 0.717) is 12.5 Å². The number of morpholine rings is 1. The van der Waals surface area contributed by atoms with E-state index < -0.39 is 0 Å². The summed E-state index contributed by atoms with van der Waals surface area (Å²) in [7, 11) is 2.09. The van der Waals surface area contributed by atoms with Crippen molar-refractivity contribution in [3.8, 4) is 0 Å². The molecular weight excluding hydrogens is 309 g/mol. The summed E-state index contributed by atoms with van der Waals surface area (Å²) in [6.45, 7) is 6.57. The lowest BCUT2D eigenvalue weighted by Crippen LogP contribution is -2.51. The molecule has 0 aromatic heterocycles. The number of aliphatic imine (C=N–C) groups is 1. The van der Waals surface area contributed by atoms with Crippen molar-refractivity contribution in [1.29, 1.82) is 0 Å². The van der Waals surface area contributed by atoms with Crippen molar-refractivity contribution < 1.29 is 9.13 Å². The molecule has 132 valence electrons. The maximum Gasteiger partial charge on any atom is 0.191 e. The first kappa shape index (κ1) is 17.0. The van der Waals surface area contributed by atoms with E-state index in [2.05, 4.69) is 26.7 Å². The predicted octanol–water partition coefficient (Wildman–Crippen LogP) is 0.593. The molecule has 1 unspecified atom stereocenters. The maximum atomic E-state index is 13.0. The molecule has 2 N–H and O–H groups in total. The number of nitrogens with zero attached hydrogens (tertiary/aromatic N) is 4. The van der Waals surface area contributed by atoms with E-state index in [9.17, 15) is 4.39 Å². The van der Waals surface area contributed by atoms with Crippen LogP contribution in [-0.2, 0) is 4.74 Å². The average molecular weight is 335 g/mol. The molecule has 1 aromatic rings. The number of ether oxygens (including phenoxy) is 1. The molecule has 0 aliphatic carbocycles. The molecule has 6 nitrogen and oxygen atoms in total. The number of hydrogen-bond acceptors (Lipinski definition) is 4. The monoisotopic (exact) mass is 335 g/mol. The van der Waals surface area contributed by atoms with Crippen LogP contribution in [0.2, 0.25) is 0 Å². The van der Waals surface area contributed by atoms with Gasteiger partial charge in [0, 0.05) is 45.0 Å². The van der Waals surface area contributed by atoms with Crippen LogP contribution in [0.1, 0.15) is 0 Å². The van der Waals surface area contributed by atoms with E-state index in [1.165, 1.54) is 12.1 Å². The van der Waals surface area contributed by atoms with Gasteiger partial charge < -0.3 is 25.2 Å². The number of anilines is 1. The second-order valence-corrected chi connectivity index (χ2v) is 6.40. The van der Waals surface area contributed by atoms with Gasteiger partial charge in [0.05, 0.1) is 19.3 Å². The summed E-state index contributed by atoms with van der Waals surface area (Å²) < 4.78 is 18.7. The van der Waals surface area contributed by atoms with Crippen molar-refractivity contribution in [2.75, 3.05) is 64.4 Å². The Labute approximate surface area is 142 Å². The summed E-state index contributed by atoms with van der Waals surface area (Å²) in [6.07, 6.45) is 0.128. The van der Waals surface area contributed by atoms with E-state index in [1.54, 1.807) is 0 Å². The van der Waals surface area contributed by atoms with Crippen molar-refractivity contribution in [1.82, 2.24) is 9.80 Å². The van der Waals surface area contributed by atoms with Gasteiger partial charge in [0.1, 0.15) is 5.82 Å². The van der Waals surface area contributed by atoms with Crippen LogP contribution in [0.15, 0.2) is 29.3 Å². The number of nitrogens with two attached hydrogens (primary N) is 1. The molecule has 1 atom stereocenters. The molecule has 3 rings (SSSR count). The van der Waals surface area contributed by atoms with Crippen LogP contribution >= 0.6 is 0 Å². The zero-order valence-electron chi connectivity index (χ0n) is 14.2. The summed E-state index contributed by atoms with van der Waals surface area (Å²) in [5.41, 5.74) is 7.19. The molecular formula is C17H26FN5O. The lowest BCUT2D eigenvalue weighted by Gasteiger charge is -2.37. The van der Waals surface area contributed by atoms with Gasteiger partial charge in [-0.1, -0.05) is 0 Å². The lowest BCUT2D eigenvalue weighted by atomic mass is 10.2. The first-order valence-electron chi connectivity index (χ1n) is 8.47. The van der Waals surface area contributed by atoms with Crippen LogP contribution in [-0.4, -0.2) is 81.3 Å². The molecule has 2 aliphatic heterocycles. The number of halogens is 1. The Morgan fingerprint density at radius 3 is 2.58 bits per heavy atom. The Hall–Kier alpha value is -1.86. The number of hydrogen-bond donors (Lipinski definition) is 1. The van der Waals surface area contributed by atoms with Gasteiger partial charge in [-0.2, -0.15) is 0 Å². The fourth-order valence-electron chi connectivity index (χ4n) is 3.12. The molecule has 2 fully saturated rings. The SMILES string of the molecule is CN1CCOC(CN=C(N)N2CCN(c3ccc(F)cc3)CC2)C1. The Morgan fingerprint density at radius 1 is 1.21 bits per heavy atom. The average Bonchev–Trinajstić information content (AvgIpc) is 2.61. The summed E-state index contributed by atoms with van der Waals surface area (Å²) in [6, 6.07) is 6.64. The number of benzene rings is 1. The van der Waals surface area contributed by atoms with Crippen LogP contribution < -0.4 is 10.6 Å². The Balaban J connectivity index is 1.48. The molecule has 0 amide bonds. The molecule has 0 radical (unpaired) electrons. The molecule has 7 heteroatoms. The zero-order valence-corrected chi connectivity index (χ0v) is 14.2. The van der Waals surface area contributed by atoms with Gasteiger partial charge >= 0.3 is 0 Å². The second kappa shape index (κ2) is 7.81. The highest BCUT2D eigenvalue weighted by Gasteiger charge is 2.20. The van der Waals surface area contributed by atoms with Gasteiger partial charge in [0.2, 0.25) is 0 Å². The third kappa shape index (κ3) is 4.36. The van der Waals surface area contributed by atoms with Crippen LogP contribution in [0.4, 0.5) is 10.1 Å². The van der Waals surface area contributed by atoms with Crippen molar-refractivity contribution in [2.24, 2.45) is 10.7 Å². The molecule has 2 heterocycles. The Kier molecular flexibility index (Phi) is 5.52. The summed E-state index contributed by atoms with van der Waals surface area (Å²) in [5.74, 6) is 0.384. The lowest BCUT2D eigenvalue weighted by molar-refractivity contribution is -0.0137. The van der Waals surface area contributed by atoms with Crippen molar-refractivity contribution in [3.05, 3.63) is 30.1 Å². The molecule has 24 heavy (non-hydrogen) atoms. The van der Waals surface area contributed by atoms with Gasteiger partial charge in [-0.25, -0.2) is 4.39 Å². The Bertz CT molecular complexity index is 557. The Morgan fingerprint density at radius 2 is 1.92 bits per heavy atom. The van der Waals surface area contributed by atoms with Crippen LogP contribution in [0, 0.1) is 5.82 Å². The number of piperazine rings is 1. The predicted molar refractivity (Wildman–Crippen MR) is 93.9 cm³/mol. The van der Waals surface area contributed by atoms with Gasteiger partial charge in [0.25, 0.3) is 0 Å². The summed E-state index contributed by atoms with van der Waals surface area (Å²) in [5, 5.41) is 0. The van der Waals surface area contributed by atoms with Gasteiger partial charge in [-0.3, -0.25) is 4.99 Å². The van der Waals surface area contributed by atoms with Gasteiger partial charge in [0.15, 0.2) is 5.96 Å². The standard InChI is InChI=1S/C17H26FN5O/c1-21-10-11-24-16(13-21)12-20-17(19)23-8-6-22(7-9-23)15-4-2-14(18)3-5-15/h2-5,16H,6-13H2,1H3,(H2,19,20). The van der Waals surface area contributed by atoms with E-state index in [4.69, 9.17) is 10.5 Å². The van der Waals surface area contributed by atoms with E-state index in [1.807, 2.05) is 12.1 Å². The minimum absolute atomic E-state index is 0.128. The van der Waals surface area contributed by atoms with E-state index in [-0.39, 0.29) is 11.9 Å². The fourth-order valence-corrected chi connectivity index (χ4v) is 3.12. The maximum absolute atomic E-state index is 13.0. The number of rotatable bonds is 3. The summed E-state index contributed by atoms with van der Waals surface area (Å²) in [4.78, 5) is 11.1. The number of guanidine groups is 1. The quantitative estimate of drug-likeness (QED) is 0.647. The van der Waals surface area contributed by atoms with Crippen LogP contribution in [0.25, 0.3) is 0 Å². The molecule has 1 aromatic carbocycles. The molecule has 0 bridgehead atoms.